The molecule has 0 N–H and O–H groups in total. The molecule has 0 spiro atoms. The summed E-state index contributed by atoms with van der Waals surface area (Å²) in [4.78, 5) is 20.7. The maximum atomic E-state index is 13.9. The van der Waals surface area contributed by atoms with E-state index in [-0.39, 0.29) is 11.6 Å². The zero-order valence-corrected chi connectivity index (χ0v) is 15.9. The molecular weight excluding hydrogens is 378 g/mol. The van der Waals surface area contributed by atoms with E-state index in [2.05, 4.69) is 15.0 Å². The van der Waals surface area contributed by atoms with Gasteiger partial charge in [0.1, 0.15) is 11.6 Å². The quantitative estimate of drug-likeness (QED) is 0.673. The van der Waals surface area contributed by atoms with Crippen molar-refractivity contribution in [3.05, 3.63) is 71.6 Å². The largest absolute Gasteiger partial charge is 0.337 e. The highest BCUT2D eigenvalue weighted by molar-refractivity contribution is 5.94. The van der Waals surface area contributed by atoms with Crippen molar-refractivity contribution in [1.82, 2.24) is 19.9 Å². The van der Waals surface area contributed by atoms with Crippen LogP contribution in [0.2, 0.25) is 0 Å². The van der Waals surface area contributed by atoms with Crippen molar-refractivity contribution >= 4 is 5.91 Å². The van der Waals surface area contributed by atoms with Gasteiger partial charge in [-0.05, 0) is 19.1 Å². The van der Waals surface area contributed by atoms with Crippen LogP contribution in [0, 0.1) is 11.6 Å². The third-order valence-electron chi connectivity index (χ3n) is 5.14. The lowest BCUT2D eigenvalue weighted by Crippen LogP contribution is -2.49. The smallest absolute Gasteiger partial charge is 0.256 e. The van der Waals surface area contributed by atoms with Gasteiger partial charge in [-0.15, -0.1) is 0 Å². The topological polar surface area (TPSA) is 62.5 Å². The molecule has 29 heavy (non-hydrogen) atoms. The highest BCUT2D eigenvalue weighted by Crippen LogP contribution is 2.24. The van der Waals surface area contributed by atoms with Crippen LogP contribution in [0.3, 0.4) is 0 Å². The normalized spacial score (nSPS) is 16.0. The number of aromatic nitrogens is 2. The Labute approximate surface area is 166 Å². The van der Waals surface area contributed by atoms with Crippen LogP contribution in [-0.4, -0.2) is 52.0 Å². The zero-order valence-electron chi connectivity index (χ0n) is 15.9. The molecule has 2 heterocycles. The predicted molar refractivity (Wildman–Crippen MR) is 102 cm³/mol. The van der Waals surface area contributed by atoms with Crippen molar-refractivity contribution in [3.63, 3.8) is 0 Å². The fourth-order valence-corrected chi connectivity index (χ4v) is 3.41. The summed E-state index contributed by atoms with van der Waals surface area (Å²) in [5.74, 6) is -0.933. The Morgan fingerprint density at radius 1 is 1.07 bits per heavy atom. The summed E-state index contributed by atoms with van der Waals surface area (Å²) in [6, 6.07) is 12.5. The third-order valence-corrected chi connectivity index (χ3v) is 5.14. The summed E-state index contributed by atoms with van der Waals surface area (Å²) >= 11 is 0. The van der Waals surface area contributed by atoms with E-state index >= 15 is 0 Å². The summed E-state index contributed by atoms with van der Waals surface area (Å²) in [5, 5.41) is 4.05. The maximum absolute atomic E-state index is 13.9. The SMILES string of the molecule is CC(c1nc(-c2ccccc2)no1)N1CCN(C(=O)c2ccc(F)cc2F)CC1. The first-order valence-electron chi connectivity index (χ1n) is 9.40. The van der Waals surface area contributed by atoms with Gasteiger partial charge in [0.15, 0.2) is 0 Å². The van der Waals surface area contributed by atoms with Crippen molar-refractivity contribution in [2.75, 3.05) is 26.2 Å². The van der Waals surface area contributed by atoms with Gasteiger partial charge in [-0.2, -0.15) is 4.98 Å². The second kappa shape index (κ2) is 8.08. The molecule has 6 nitrogen and oxygen atoms in total. The van der Waals surface area contributed by atoms with Crippen LogP contribution < -0.4 is 0 Å². The van der Waals surface area contributed by atoms with Crippen LogP contribution in [0.4, 0.5) is 8.78 Å². The highest BCUT2D eigenvalue weighted by atomic mass is 19.1. The number of rotatable bonds is 4. The summed E-state index contributed by atoms with van der Waals surface area (Å²) in [5.41, 5.74) is 0.767. The maximum Gasteiger partial charge on any atom is 0.256 e. The minimum Gasteiger partial charge on any atom is -0.337 e. The lowest BCUT2D eigenvalue weighted by atomic mass is 10.1. The molecule has 150 valence electrons. The zero-order chi connectivity index (χ0) is 20.4. The second-order valence-electron chi connectivity index (χ2n) is 6.95. The number of halogens is 2. The van der Waals surface area contributed by atoms with E-state index < -0.39 is 17.5 Å². The van der Waals surface area contributed by atoms with Crippen LogP contribution in [-0.2, 0) is 0 Å². The number of carbonyl (C=O) groups excluding carboxylic acids is 1. The molecule has 1 aliphatic rings. The minimum absolute atomic E-state index is 0.111. The molecule has 1 amide bonds. The Hall–Kier alpha value is -3.13. The van der Waals surface area contributed by atoms with Gasteiger partial charge in [-0.1, -0.05) is 35.5 Å². The van der Waals surface area contributed by atoms with Gasteiger partial charge in [0.25, 0.3) is 5.91 Å². The van der Waals surface area contributed by atoms with E-state index in [0.29, 0.717) is 37.9 Å². The van der Waals surface area contributed by atoms with Gasteiger partial charge < -0.3 is 9.42 Å². The first-order valence-corrected chi connectivity index (χ1v) is 9.40. The summed E-state index contributed by atoms with van der Waals surface area (Å²) < 4.78 is 32.4. The number of benzene rings is 2. The Bertz CT molecular complexity index is 1000. The van der Waals surface area contributed by atoms with E-state index in [1.54, 1.807) is 4.90 Å². The fourth-order valence-electron chi connectivity index (χ4n) is 3.41. The Morgan fingerprint density at radius 3 is 2.48 bits per heavy atom. The van der Waals surface area contributed by atoms with E-state index in [9.17, 15) is 13.6 Å². The highest BCUT2D eigenvalue weighted by Gasteiger charge is 2.29. The van der Waals surface area contributed by atoms with Crippen molar-refractivity contribution in [2.24, 2.45) is 0 Å². The van der Waals surface area contributed by atoms with Crippen LogP contribution >= 0.6 is 0 Å². The first-order chi connectivity index (χ1) is 14.0. The molecule has 1 unspecified atom stereocenters. The van der Waals surface area contributed by atoms with Crippen LogP contribution in [0.25, 0.3) is 11.4 Å². The van der Waals surface area contributed by atoms with Gasteiger partial charge in [-0.25, -0.2) is 8.78 Å². The van der Waals surface area contributed by atoms with Crippen LogP contribution in [0.1, 0.15) is 29.2 Å². The molecule has 2 aromatic carbocycles. The third kappa shape index (κ3) is 4.02. The van der Waals surface area contributed by atoms with Crippen molar-refractivity contribution in [3.8, 4) is 11.4 Å². The molecule has 1 aliphatic heterocycles. The molecule has 1 fully saturated rings. The van der Waals surface area contributed by atoms with E-state index in [1.807, 2.05) is 37.3 Å². The fraction of sp³-hybridized carbons (Fsp3) is 0.286. The predicted octanol–water partition coefficient (Wildman–Crippen LogP) is 3.53. The summed E-state index contributed by atoms with van der Waals surface area (Å²) in [7, 11) is 0. The molecule has 0 saturated carbocycles. The van der Waals surface area contributed by atoms with E-state index in [4.69, 9.17) is 4.52 Å². The molecule has 1 aromatic heterocycles. The van der Waals surface area contributed by atoms with E-state index in [0.717, 1.165) is 17.7 Å². The Balaban J connectivity index is 1.39. The lowest BCUT2D eigenvalue weighted by Gasteiger charge is -2.36. The number of hydrogen-bond donors (Lipinski definition) is 0. The number of nitrogens with zero attached hydrogens (tertiary/aromatic N) is 4. The van der Waals surface area contributed by atoms with Gasteiger partial charge >= 0.3 is 0 Å². The summed E-state index contributed by atoms with van der Waals surface area (Å²) in [6.07, 6.45) is 0. The van der Waals surface area contributed by atoms with Crippen LogP contribution in [0.15, 0.2) is 53.1 Å². The molecule has 0 radical (unpaired) electrons. The van der Waals surface area contributed by atoms with E-state index in [1.165, 1.54) is 6.07 Å². The minimum atomic E-state index is -0.843. The number of hydrogen-bond acceptors (Lipinski definition) is 5. The monoisotopic (exact) mass is 398 g/mol. The number of carbonyl (C=O) groups is 1. The summed E-state index contributed by atoms with van der Waals surface area (Å²) in [6.45, 7) is 4.00. The number of amides is 1. The Morgan fingerprint density at radius 2 is 1.79 bits per heavy atom. The van der Waals surface area contributed by atoms with Crippen LogP contribution in [0.5, 0.6) is 0 Å². The van der Waals surface area contributed by atoms with Gasteiger partial charge in [-0.3, -0.25) is 9.69 Å². The Kier molecular flexibility index (Phi) is 5.35. The molecule has 1 saturated heterocycles. The molecular formula is C21H20F2N4O2. The lowest BCUT2D eigenvalue weighted by molar-refractivity contribution is 0.0547. The average molecular weight is 398 g/mol. The molecule has 3 aromatic rings. The first kappa shape index (κ1) is 19.2. The second-order valence-corrected chi connectivity index (χ2v) is 6.95. The molecule has 1 atom stereocenters. The van der Waals surface area contributed by atoms with Crippen molar-refractivity contribution < 1.29 is 18.1 Å². The van der Waals surface area contributed by atoms with Gasteiger partial charge in [0, 0.05) is 37.8 Å². The molecule has 4 rings (SSSR count). The van der Waals surface area contributed by atoms with Crippen molar-refractivity contribution in [2.45, 2.75) is 13.0 Å². The van der Waals surface area contributed by atoms with Crippen molar-refractivity contribution in [1.29, 1.82) is 0 Å². The number of piperazine rings is 1. The average Bonchev–Trinajstić information content (AvgIpc) is 3.24. The molecule has 0 aliphatic carbocycles. The standard InChI is InChI=1S/C21H20F2N4O2/c1-14(20-24-19(25-29-20)15-5-3-2-4-6-15)26-9-11-27(12-10-26)21(28)17-8-7-16(22)13-18(17)23/h2-8,13-14H,9-12H2,1H3. The van der Waals surface area contributed by atoms with Gasteiger partial charge in [0.05, 0.1) is 11.6 Å². The molecule has 0 bridgehead atoms. The molecule has 8 heteroatoms. The van der Waals surface area contributed by atoms with Gasteiger partial charge in [0.2, 0.25) is 11.7 Å².